The van der Waals surface area contributed by atoms with Crippen molar-refractivity contribution < 1.29 is 0 Å². The fraction of sp³-hybridized carbons (Fsp3) is 0.300. The number of nitrogens with one attached hydrogen (secondary N) is 1. The Kier molecular flexibility index (Phi) is 3.44. The monoisotopic (exact) mass is 269 g/mol. The smallest absolute Gasteiger partial charge is 0.188 e. The second kappa shape index (κ2) is 4.85. The SMILES string of the molecule is CCc1nc(Nc2ncnc(N)c2Cl)sc1C. The van der Waals surface area contributed by atoms with Crippen LogP contribution in [0.2, 0.25) is 5.02 Å². The van der Waals surface area contributed by atoms with Gasteiger partial charge in [-0.3, -0.25) is 0 Å². The van der Waals surface area contributed by atoms with Crippen molar-refractivity contribution in [3.8, 4) is 0 Å². The number of aryl methyl sites for hydroxylation is 2. The first-order valence-corrected chi connectivity index (χ1v) is 6.30. The van der Waals surface area contributed by atoms with Crippen LogP contribution in [0.3, 0.4) is 0 Å². The lowest BCUT2D eigenvalue weighted by molar-refractivity contribution is 1.04. The molecule has 0 aliphatic heterocycles. The van der Waals surface area contributed by atoms with Gasteiger partial charge in [0.15, 0.2) is 10.9 Å². The highest BCUT2D eigenvalue weighted by Crippen LogP contribution is 2.29. The number of halogens is 1. The Labute approximate surface area is 108 Å². The molecule has 0 saturated heterocycles. The van der Waals surface area contributed by atoms with Crippen molar-refractivity contribution in [2.24, 2.45) is 0 Å². The first-order valence-electron chi connectivity index (χ1n) is 5.11. The molecule has 0 unspecified atom stereocenters. The largest absolute Gasteiger partial charge is 0.382 e. The van der Waals surface area contributed by atoms with Crippen LogP contribution in [0.25, 0.3) is 0 Å². The summed E-state index contributed by atoms with van der Waals surface area (Å²) in [5.41, 5.74) is 6.67. The van der Waals surface area contributed by atoms with E-state index in [-0.39, 0.29) is 5.82 Å². The summed E-state index contributed by atoms with van der Waals surface area (Å²) in [6, 6.07) is 0. The Balaban J connectivity index is 2.28. The summed E-state index contributed by atoms with van der Waals surface area (Å²) in [7, 11) is 0. The maximum atomic E-state index is 5.99. The van der Waals surface area contributed by atoms with Gasteiger partial charge in [0.1, 0.15) is 17.2 Å². The molecule has 0 bridgehead atoms. The van der Waals surface area contributed by atoms with Gasteiger partial charge in [-0.25, -0.2) is 15.0 Å². The van der Waals surface area contributed by atoms with Crippen molar-refractivity contribution >= 4 is 39.7 Å². The van der Waals surface area contributed by atoms with E-state index in [4.69, 9.17) is 17.3 Å². The highest BCUT2D eigenvalue weighted by atomic mass is 35.5. The lowest BCUT2D eigenvalue weighted by Gasteiger charge is -2.04. The number of rotatable bonds is 3. The number of nitrogen functional groups attached to an aromatic ring is 1. The predicted molar refractivity (Wildman–Crippen MR) is 71.0 cm³/mol. The fourth-order valence-corrected chi connectivity index (χ4v) is 2.43. The van der Waals surface area contributed by atoms with E-state index in [0.717, 1.165) is 17.2 Å². The molecule has 2 aromatic heterocycles. The van der Waals surface area contributed by atoms with Crippen molar-refractivity contribution in [1.82, 2.24) is 15.0 Å². The van der Waals surface area contributed by atoms with Crippen LogP contribution in [-0.2, 0) is 6.42 Å². The topological polar surface area (TPSA) is 76.7 Å². The lowest BCUT2D eigenvalue weighted by Crippen LogP contribution is -1.99. The zero-order valence-electron chi connectivity index (χ0n) is 9.49. The summed E-state index contributed by atoms with van der Waals surface area (Å²) in [5.74, 6) is 0.740. The molecular formula is C10H12ClN5S. The van der Waals surface area contributed by atoms with Gasteiger partial charge in [-0.15, -0.1) is 11.3 Å². The molecule has 0 amide bonds. The molecule has 3 N–H and O–H groups in total. The summed E-state index contributed by atoms with van der Waals surface area (Å²) in [4.78, 5) is 13.5. The molecule has 2 rings (SSSR count). The van der Waals surface area contributed by atoms with Gasteiger partial charge in [0.2, 0.25) is 0 Å². The molecule has 90 valence electrons. The van der Waals surface area contributed by atoms with Crippen molar-refractivity contribution in [1.29, 1.82) is 0 Å². The maximum Gasteiger partial charge on any atom is 0.188 e. The van der Waals surface area contributed by atoms with Crippen LogP contribution >= 0.6 is 22.9 Å². The maximum absolute atomic E-state index is 5.99. The highest BCUT2D eigenvalue weighted by Gasteiger charge is 2.10. The fourth-order valence-electron chi connectivity index (χ4n) is 1.38. The molecule has 0 spiro atoms. The molecule has 0 radical (unpaired) electrons. The van der Waals surface area contributed by atoms with E-state index in [1.165, 1.54) is 11.2 Å². The molecule has 0 atom stereocenters. The van der Waals surface area contributed by atoms with E-state index in [2.05, 4.69) is 27.2 Å². The lowest BCUT2D eigenvalue weighted by atomic mass is 10.3. The van der Waals surface area contributed by atoms with Crippen molar-refractivity contribution in [2.45, 2.75) is 20.3 Å². The third-order valence-electron chi connectivity index (χ3n) is 2.27. The van der Waals surface area contributed by atoms with Gasteiger partial charge in [-0.05, 0) is 13.3 Å². The van der Waals surface area contributed by atoms with Crippen LogP contribution in [0.1, 0.15) is 17.5 Å². The number of hydrogen-bond donors (Lipinski definition) is 2. The molecule has 5 nitrogen and oxygen atoms in total. The molecule has 7 heteroatoms. The second-order valence-electron chi connectivity index (χ2n) is 3.42. The van der Waals surface area contributed by atoms with E-state index in [1.807, 2.05) is 6.92 Å². The van der Waals surface area contributed by atoms with E-state index in [0.29, 0.717) is 10.8 Å². The molecule has 2 aromatic rings. The van der Waals surface area contributed by atoms with Gasteiger partial charge in [0.05, 0.1) is 5.69 Å². The Hall–Kier alpha value is -1.40. The molecule has 2 heterocycles. The standard InChI is InChI=1S/C10H12ClN5S/c1-3-6-5(2)17-10(15-6)16-9-7(11)8(12)13-4-14-9/h4H,3H2,1-2H3,(H3,12,13,14,15,16). The van der Waals surface area contributed by atoms with Crippen LogP contribution in [0.15, 0.2) is 6.33 Å². The number of aromatic nitrogens is 3. The molecule has 0 aliphatic carbocycles. The zero-order valence-corrected chi connectivity index (χ0v) is 11.1. The number of nitrogens with zero attached hydrogens (tertiary/aromatic N) is 3. The van der Waals surface area contributed by atoms with E-state index >= 15 is 0 Å². The van der Waals surface area contributed by atoms with Gasteiger partial charge < -0.3 is 11.1 Å². The molecule has 0 aromatic carbocycles. The number of anilines is 3. The number of nitrogens with two attached hydrogens (primary N) is 1. The summed E-state index contributed by atoms with van der Waals surface area (Å²) >= 11 is 7.55. The average molecular weight is 270 g/mol. The van der Waals surface area contributed by atoms with Crippen molar-refractivity contribution in [3.05, 3.63) is 21.9 Å². The minimum atomic E-state index is 0.258. The normalized spacial score (nSPS) is 10.5. The van der Waals surface area contributed by atoms with Gasteiger partial charge >= 0.3 is 0 Å². The second-order valence-corrected chi connectivity index (χ2v) is 5.00. The minimum absolute atomic E-state index is 0.258. The van der Waals surface area contributed by atoms with Crippen LogP contribution in [-0.4, -0.2) is 15.0 Å². The molecule has 0 saturated carbocycles. The summed E-state index contributed by atoms with van der Waals surface area (Å²) in [5, 5.41) is 4.13. The first-order chi connectivity index (χ1) is 8.11. The summed E-state index contributed by atoms with van der Waals surface area (Å²) in [6.45, 7) is 4.11. The quantitative estimate of drug-likeness (QED) is 0.896. The van der Waals surface area contributed by atoms with E-state index in [1.54, 1.807) is 11.3 Å². The van der Waals surface area contributed by atoms with Gasteiger partial charge in [-0.2, -0.15) is 0 Å². The average Bonchev–Trinajstić information content (AvgIpc) is 2.65. The summed E-state index contributed by atoms with van der Waals surface area (Å²) < 4.78 is 0. The third-order valence-corrected chi connectivity index (χ3v) is 3.57. The number of thiazole rings is 1. The molecule has 0 fully saturated rings. The summed E-state index contributed by atoms with van der Waals surface area (Å²) in [6.07, 6.45) is 2.27. The predicted octanol–water partition coefficient (Wildman–Crippen LogP) is 2.78. The van der Waals surface area contributed by atoms with E-state index < -0.39 is 0 Å². The third kappa shape index (κ3) is 2.48. The molecule has 0 aliphatic rings. The van der Waals surface area contributed by atoms with Crippen LogP contribution in [0.5, 0.6) is 0 Å². The van der Waals surface area contributed by atoms with Crippen molar-refractivity contribution in [3.63, 3.8) is 0 Å². The Morgan fingerprint density at radius 3 is 2.88 bits per heavy atom. The Bertz CT molecular complexity index is 539. The van der Waals surface area contributed by atoms with Gasteiger partial charge in [0.25, 0.3) is 0 Å². The van der Waals surface area contributed by atoms with Crippen LogP contribution < -0.4 is 11.1 Å². The highest BCUT2D eigenvalue weighted by molar-refractivity contribution is 7.15. The first kappa shape index (κ1) is 12.1. The minimum Gasteiger partial charge on any atom is -0.382 e. The zero-order chi connectivity index (χ0) is 12.4. The van der Waals surface area contributed by atoms with Crippen molar-refractivity contribution in [2.75, 3.05) is 11.1 Å². The molecule has 17 heavy (non-hydrogen) atoms. The number of hydrogen-bond acceptors (Lipinski definition) is 6. The van der Waals surface area contributed by atoms with E-state index in [9.17, 15) is 0 Å². The van der Waals surface area contributed by atoms with Gasteiger partial charge in [-0.1, -0.05) is 18.5 Å². The van der Waals surface area contributed by atoms with Crippen LogP contribution in [0, 0.1) is 6.92 Å². The Morgan fingerprint density at radius 2 is 2.24 bits per heavy atom. The van der Waals surface area contributed by atoms with Crippen LogP contribution in [0.4, 0.5) is 16.8 Å². The Morgan fingerprint density at radius 1 is 1.47 bits per heavy atom. The van der Waals surface area contributed by atoms with Gasteiger partial charge in [0, 0.05) is 4.88 Å². The molecular weight excluding hydrogens is 258 g/mol.